The molecule has 0 amide bonds. The van der Waals surface area contributed by atoms with Gasteiger partial charge in [0.05, 0.1) is 24.2 Å². The highest BCUT2D eigenvalue weighted by Gasteiger charge is 2.11. The molecule has 0 fully saturated rings. The van der Waals surface area contributed by atoms with E-state index in [1.54, 1.807) is 24.8 Å². The smallest absolute Gasteiger partial charge is 0.163 e. The van der Waals surface area contributed by atoms with Gasteiger partial charge in [0.25, 0.3) is 0 Å². The van der Waals surface area contributed by atoms with Gasteiger partial charge >= 0.3 is 0 Å². The van der Waals surface area contributed by atoms with Crippen molar-refractivity contribution in [2.24, 2.45) is 0 Å². The Morgan fingerprint density at radius 3 is 1.54 bits per heavy atom. The SMILES string of the molecule is CC.Cc1ccc(OCCNc2nc(-c3cccnc3)nc3ccccc23)cc1.c1ccc(OCCCNc2nc(-c3cccnc3)nc3ccccc23)cc1. The maximum Gasteiger partial charge on any atom is 0.163 e. The molecule has 0 spiro atoms. The maximum atomic E-state index is 5.79. The molecule has 0 saturated carbocycles. The highest BCUT2D eigenvalue weighted by atomic mass is 16.5. The highest BCUT2D eigenvalue weighted by molar-refractivity contribution is 5.91. The van der Waals surface area contributed by atoms with Crippen LogP contribution in [0.25, 0.3) is 44.6 Å². The lowest BCUT2D eigenvalue weighted by atomic mass is 10.2. The van der Waals surface area contributed by atoms with Crippen LogP contribution in [0.2, 0.25) is 0 Å². The molecular weight excluding hydrogens is 697 g/mol. The fourth-order valence-corrected chi connectivity index (χ4v) is 5.63. The average Bonchev–Trinajstić information content (AvgIpc) is 3.27. The summed E-state index contributed by atoms with van der Waals surface area (Å²) in [7, 11) is 0. The van der Waals surface area contributed by atoms with Crippen molar-refractivity contribution in [3.05, 3.63) is 158 Å². The number of ether oxygens (including phenoxy) is 2. The van der Waals surface area contributed by atoms with Gasteiger partial charge in [0.2, 0.25) is 0 Å². The summed E-state index contributed by atoms with van der Waals surface area (Å²) in [5.41, 5.74) is 4.82. The van der Waals surface area contributed by atoms with E-state index < -0.39 is 0 Å². The molecule has 0 aliphatic rings. The lowest BCUT2D eigenvalue weighted by Gasteiger charge is -2.12. The number of fused-ring (bicyclic) bond motifs is 2. The van der Waals surface area contributed by atoms with E-state index in [-0.39, 0.29) is 0 Å². The number of aryl methyl sites for hydroxylation is 1. The molecule has 4 aromatic carbocycles. The lowest BCUT2D eigenvalue weighted by Crippen LogP contribution is -2.13. The molecule has 4 aromatic heterocycles. The van der Waals surface area contributed by atoms with Crippen LogP contribution in [-0.2, 0) is 0 Å². The topological polar surface area (TPSA) is 120 Å². The molecule has 10 heteroatoms. The summed E-state index contributed by atoms with van der Waals surface area (Å²) in [6.07, 6.45) is 7.91. The van der Waals surface area contributed by atoms with Crippen molar-refractivity contribution in [1.82, 2.24) is 29.9 Å². The predicted molar refractivity (Wildman–Crippen MR) is 227 cm³/mol. The minimum atomic E-state index is 0.545. The monoisotopic (exact) mass is 742 g/mol. The molecule has 4 heterocycles. The zero-order valence-electron chi connectivity index (χ0n) is 32.0. The number of nitrogens with one attached hydrogen (secondary N) is 2. The first-order valence-corrected chi connectivity index (χ1v) is 18.9. The molecule has 0 atom stereocenters. The molecule has 56 heavy (non-hydrogen) atoms. The van der Waals surface area contributed by atoms with Gasteiger partial charge < -0.3 is 20.1 Å². The Morgan fingerprint density at radius 2 is 0.982 bits per heavy atom. The van der Waals surface area contributed by atoms with Gasteiger partial charge in [0.15, 0.2) is 11.6 Å². The first-order valence-electron chi connectivity index (χ1n) is 18.9. The number of pyridine rings is 2. The fourth-order valence-electron chi connectivity index (χ4n) is 5.63. The van der Waals surface area contributed by atoms with Crippen LogP contribution in [0.4, 0.5) is 11.6 Å². The summed E-state index contributed by atoms with van der Waals surface area (Å²) in [5.74, 6) is 4.72. The number of rotatable bonds is 13. The second kappa shape index (κ2) is 20.5. The molecular formula is C46H46N8O2. The van der Waals surface area contributed by atoms with Crippen LogP contribution in [0.3, 0.4) is 0 Å². The summed E-state index contributed by atoms with van der Waals surface area (Å²) >= 11 is 0. The minimum Gasteiger partial charge on any atom is -0.494 e. The fraction of sp³-hybridized carbons (Fsp3) is 0.174. The number of nitrogens with zero attached hydrogens (tertiary/aromatic N) is 6. The Kier molecular flexibility index (Phi) is 14.2. The van der Waals surface area contributed by atoms with Crippen LogP contribution in [0.15, 0.2) is 152 Å². The number of hydrogen-bond donors (Lipinski definition) is 2. The van der Waals surface area contributed by atoms with Crippen LogP contribution in [0, 0.1) is 6.92 Å². The van der Waals surface area contributed by atoms with Crippen molar-refractivity contribution < 1.29 is 9.47 Å². The first kappa shape index (κ1) is 38.8. The van der Waals surface area contributed by atoms with E-state index in [0.29, 0.717) is 31.4 Å². The molecule has 0 bridgehead atoms. The van der Waals surface area contributed by atoms with Crippen molar-refractivity contribution in [3.8, 4) is 34.3 Å². The number of anilines is 2. The van der Waals surface area contributed by atoms with Crippen molar-refractivity contribution in [2.75, 3.05) is 36.9 Å². The Morgan fingerprint density at radius 1 is 0.482 bits per heavy atom. The van der Waals surface area contributed by atoms with Gasteiger partial charge in [-0.3, -0.25) is 9.97 Å². The van der Waals surface area contributed by atoms with E-state index >= 15 is 0 Å². The van der Waals surface area contributed by atoms with Crippen molar-refractivity contribution >= 4 is 33.4 Å². The van der Waals surface area contributed by atoms with Crippen molar-refractivity contribution in [2.45, 2.75) is 27.2 Å². The van der Waals surface area contributed by atoms with Gasteiger partial charge in [-0.2, -0.15) is 0 Å². The molecule has 8 aromatic rings. The van der Waals surface area contributed by atoms with Crippen LogP contribution in [0.1, 0.15) is 25.8 Å². The molecule has 2 N–H and O–H groups in total. The molecule has 10 nitrogen and oxygen atoms in total. The number of aromatic nitrogens is 6. The van der Waals surface area contributed by atoms with Gasteiger partial charge in [0.1, 0.15) is 29.7 Å². The Labute approximate surface area is 328 Å². The summed E-state index contributed by atoms with van der Waals surface area (Å²) in [5, 5.41) is 8.81. The molecule has 8 rings (SSSR count). The quantitative estimate of drug-likeness (QED) is 0.110. The van der Waals surface area contributed by atoms with Crippen LogP contribution < -0.4 is 20.1 Å². The largest absolute Gasteiger partial charge is 0.494 e. The van der Waals surface area contributed by atoms with Crippen molar-refractivity contribution in [1.29, 1.82) is 0 Å². The Hall–Kier alpha value is -6.94. The maximum absolute atomic E-state index is 5.79. The molecule has 0 radical (unpaired) electrons. The Balaban J connectivity index is 0.000000182. The second-order valence-corrected chi connectivity index (χ2v) is 12.3. The Bertz CT molecular complexity index is 2380. The predicted octanol–water partition coefficient (Wildman–Crippen LogP) is 10.1. The zero-order valence-corrected chi connectivity index (χ0v) is 32.0. The van der Waals surface area contributed by atoms with E-state index in [1.165, 1.54) is 5.56 Å². The summed E-state index contributed by atoms with van der Waals surface area (Å²) < 4.78 is 11.5. The molecule has 0 aliphatic carbocycles. The van der Waals surface area contributed by atoms with E-state index in [1.807, 2.05) is 141 Å². The van der Waals surface area contributed by atoms with E-state index in [4.69, 9.17) is 19.4 Å². The van der Waals surface area contributed by atoms with Gasteiger partial charge in [-0.15, -0.1) is 0 Å². The van der Waals surface area contributed by atoms with Crippen LogP contribution in [0.5, 0.6) is 11.5 Å². The average molecular weight is 743 g/mol. The second-order valence-electron chi connectivity index (χ2n) is 12.3. The molecule has 0 saturated heterocycles. The van der Waals surface area contributed by atoms with Gasteiger partial charge in [0, 0.05) is 53.2 Å². The normalized spacial score (nSPS) is 10.4. The third-order valence-corrected chi connectivity index (χ3v) is 8.36. The van der Waals surface area contributed by atoms with Gasteiger partial charge in [-0.25, -0.2) is 19.9 Å². The van der Waals surface area contributed by atoms with Crippen LogP contribution in [-0.4, -0.2) is 56.2 Å². The number of benzene rings is 4. The van der Waals surface area contributed by atoms with Crippen LogP contribution >= 0.6 is 0 Å². The zero-order chi connectivity index (χ0) is 38.8. The van der Waals surface area contributed by atoms with E-state index in [9.17, 15) is 0 Å². The summed E-state index contributed by atoms with van der Waals surface area (Å²) in [4.78, 5) is 27.1. The highest BCUT2D eigenvalue weighted by Crippen LogP contribution is 2.26. The molecule has 282 valence electrons. The summed E-state index contributed by atoms with van der Waals surface area (Å²) in [6.45, 7) is 8.66. The molecule has 0 aliphatic heterocycles. The standard InChI is InChI=1S/2C22H20N4O.C2H6/c1-16-8-10-18(11-9-16)27-14-13-24-22-19-6-2-3-7-20(19)25-21(26-22)17-5-4-12-23-15-17;1-2-9-18(10-3-1)27-15-7-14-24-22-19-11-4-5-12-20(19)25-21(26-22)17-8-6-13-23-16-17;1-2/h2-12,15H,13-14H2,1H3,(H,24,25,26);1-6,8-13,16H,7,14-15H2,(H,24,25,26);1-2H3. The van der Waals surface area contributed by atoms with E-state index in [2.05, 4.69) is 37.5 Å². The van der Waals surface area contributed by atoms with E-state index in [0.717, 1.165) is 69.0 Å². The van der Waals surface area contributed by atoms with Gasteiger partial charge in [-0.1, -0.05) is 74.0 Å². The number of para-hydroxylation sites is 3. The number of hydrogen-bond acceptors (Lipinski definition) is 10. The summed E-state index contributed by atoms with van der Waals surface area (Å²) in [6, 6.07) is 41.6. The first-order chi connectivity index (χ1) is 27.7. The minimum absolute atomic E-state index is 0.545. The third kappa shape index (κ3) is 10.8. The molecule has 0 unspecified atom stereocenters. The van der Waals surface area contributed by atoms with Gasteiger partial charge in [-0.05, 0) is 86.1 Å². The lowest BCUT2D eigenvalue weighted by molar-refractivity contribution is 0.315. The third-order valence-electron chi connectivity index (χ3n) is 8.36. The van der Waals surface area contributed by atoms with Crippen molar-refractivity contribution in [3.63, 3.8) is 0 Å².